The summed E-state index contributed by atoms with van der Waals surface area (Å²) in [5.41, 5.74) is 2.64. The van der Waals surface area contributed by atoms with Crippen molar-refractivity contribution in [3.63, 3.8) is 0 Å². The molecule has 1 aromatic heterocycles. The summed E-state index contributed by atoms with van der Waals surface area (Å²) in [7, 11) is 0. The maximum Gasteiger partial charge on any atom is 0.249 e. The lowest BCUT2D eigenvalue weighted by atomic mass is 10.1. The van der Waals surface area contributed by atoms with Crippen LogP contribution in [0.25, 0.3) is 0 Å². The minimum atomic E-state index is -0.113. The Bertz CT molecular complexity index is 749. The van der Waals surface area contributed by atoms with Gasteiger partial charge in [-0.1, -0.05) is 6.07 Å². The lowest BCUT2D eigenvalue weighted by Gasteiger charge is -2.18. The molecule has 1 aliphatic heterocycles. The fourth-order valence-corrected chi connectivity index (χ4v) is 2.39. The third-order valence-corrected chi connectivity index (χ3v) is 3.82. The smallest absolute Gasteiger partial charge is 0.249 e. The van der Waals surface area contributed by atoms with Crippen LogP contribution in [0, 0.1) is 13.8 Å². The number of ether oxygens (including phenoxy) is 2. The Kier molecular flexibility index (Phi) is 4.88. The monoisotopic (exact) mass is 328 g/mol. The molecule has 0 aliphatic carbocycles. The van der Waals surface area contributed by atoms with E-state index in [1.165, 1.54) is 0 Å². The summed E-state index contributed by atoms with van der Waals surface area (Å²) in [6.45, 7) is 4.82. The van der Waals surface area contributed by atoms with Crippen molar-refractivity contribution in [2.24, 2.45) is 0 Å². The molecule has 0 radical (unpaired) electrons. The number of hydrogen-bond acceptors (Lipinski definition) is 6. The highest BCUT2D eigenvalue weighted by molar-refractivity contribution is 5.88. The standard InChI is InChI=1S/C17H20N4O3/c1-11-12(2)20-21-17(18-11)19-16(22)5-3-4-13-6-7-14-15(10-13)24-9-8-23-14/h6-7,10H,3-5,8-9H2,1-2H3,(H,18,19,21,22). The van der Waals surface area contributed by atoms with Crippen molar-refractivity contribution in [1.29, 1.82) is 0 Å². The molecule has 0 atom stereocenters. The molecule has 0 spiro atoms. The number of aromatic nitrogens is 3. The van der Waals surface area contributed by atoms with E-state index < -0.39 is 0 Å². The second-order valence-corrected chi connectivity index (χ2v) is 5.69. The van der Waals surface area contributed by atoms with E-state index in [-0.39, 0.29) is 11.9 Å². The molecular formula is C17H20N4O3. The van der Waals surface area contributed by atoms with Crippen LogP contribution in [0.15, 0.2) is 18.2 Å². The third kappa shape index (κ3) is 3.98. The summed E-state index contributed by atoms with van der Waals surface area (Å²) >= 11 is 0. The first-order valence-corrected chi connectivity index (χ1v) is 7.98. The minimum Gasteiger partial charge on any atom is -0.486 e. The van der Waals surface area contributed by atoms with Gasteiger partial charge in [-0.25, -0.2) is 4.98 Å². The van der Waals surface area contributed by atoms with Gasteiger partial charge in [-0.2, -0.15) is 5.10 Å². The van der Waals surface area contributed by atoms with Crippen LogP contribution in [0.1, 0.15) is 29.8 Å². The summed E-state index contributed by atoms with van der Waals surface area (Å²) in [5.74, 6) is 1.69. The maximum atomic E-state index is 12.0. The van der Waals surface area contributed by atoms with Gasteiger partial charge in [-0.05, 0) is 44.4 Å². The number of nitrogens with one attached hydrogen (secondary N) is 1. The summed E-state index contributed by atoms with van der Waals surface area (Å²) in [4.78, 5) is 16.2. The van der Waals surface area contributed by atoms with Crippen LogP contribution in [-0.2, 0) is 11.2 Å². The van der Waals surface area contributed by atoms with Crippen LogP contribution in [0.4, 0.5) is 5.95 Å². The first kappa shape index (κ1) is 16.2. The number of amides is 1. The second kappa shape index (κ2) is 7.25. The highest BCUT2D eigenvalue weighted by Crippen LogP contribution is 2.31. The summed E-state index contributed by atoms with van der Waals surface area (Å²) in [6.07, 6.45) is 1.91. The summed E-state index contributed by atoms with van der Waals surface area (Å²) in [5, 5.41) is 10.5. The van der Waals surface area contributed by atoms with Crippen LogP contribution in [-0.4, -0.2) is 34.3 Å². The van der Waals surface area contributed by atoms with Crippen molar-refractivity contribution in [1.82, 2.24) is 15.2 Å². The summed E-state index contributed by atoms with van der Waals surface area (Å²) in [6, 6.07) is 5.89. The predicted molar refractivity (Wildman–Crippen MR) is 88.3 cm³/mol. The van der Waals surface area contributed by atoms with Crippen LogP contribution in [0.5, 0.6) is 11.5 Å². The van der Waals surface area contributed by atoms with Crippen molar-refractivity contribution in [3.05, 3.63) is 35.2 Å². The van der Waals surface area contributed by atoms with Crippen LogP contribution in [0.3, 0.4) is 0 Å². The zero-order chi connectivity index (χ0) is 16.9. The topological polar surface area (TPSA) is 86.2 Å². The molecular weight excluding hydrogens is 308 g/mol. The van der Waals surface area contributed by atoms with E-state index in [0.29, 0.717) is 19.6 Å². The van der Waals surface area contributed by atoms with Gasteiger partial charge < -0.3 is 9.47 Å². The molecule has 1 aliphatic rings. The molecule has 0 saturated carbocycles. The highest BCUT2D eigenvalue weighted by Gasteiger charge is 2.12. The predicted octanol–water partition coefficient (Wildman–Crippen LogP) is 2.22. The van der Waals surface area contributed by atoms with Crippen molar-refractivity contribution in [2.75, 3.05) is 18.5 Å². The SMILES string of the molecule is Cc1nnc(NC(=O)CCCc2ccc3c(c2)OCCO3)nc1C. The van der Waals surface area contributed by atoms with Crippen molar-refractivity contribution < 1.29 is 14.3 Å². The molecule has 3 rings (SSSR count). The maximum absolute atomic E-state index is 12.0. The molecule has 126 valence electrons. The van der Waals surface area contributed by atoms with E-state index in [1.807, 2.05) is 32.0 Å². The number of fused-ring (bicyclic) bond motifs is 1. The molecule has 1 aromatic carbocycles. The van der Waals surface area contributed by atoms with E-state index in [0.717, 1.165) is 41.3 Å². The first-order chi connectivity index (χ1) is 11.6. The molecule has 24 heavy (non-hydrogen) atoms. The Balaban J connectivity index is 1.49. The fraction of sp³-hybridized carbons (Fsp3) is 0.412. The van der Waals surface area contributed by atoms with Gasteiger partial charge in [0.15, 0.2) is 11.5 Å². The number of anilines is 1. The van der Waals surface area contributed by atoms with Gasteiger partial charge in [0.05, 0.1) is 11.4 Å². The van der Waals surface area contributed by atoms with Gasteiger partial charge in [-0.3, -0.25) is 10.1 Å². The van der Waals surface area contributed by atoms with Crippen LogP contribution < -0.4 is 14.8 Å². The molecule has 2 aromatic rings. The third-order valence-electron chi connectivity index (χ3n) is 3.82. The average Bonchev–Trinajstić information content (AvgIpc) is 2.58. The molecule has 7 heteroatoms. The van der Waals surface area contributed by atoms with Gasteiger partial charge in [0, 0.05) is 6.42 Å². The molecule has 0 bridgehead atoms. The van der Waals surface area contributed by atoms with Gasteiger partial charge >= 0.3 is 0 Å². The molecule has 1 N–H and O–H groups in total. The van der Waals surface area contributed by atoms with E-state index in [4.69, 9.17) is 9.47 Å². The average molecular weight is 328 g/mol. The van der Waals surface area contributed by atoms with Crippen molar-refractivity contribution >= 4 is 11.9 Å². The number of carbonyl (C=O) groups is 1. The minimum absolute atomic E-state index is 0.113. The van der Waals surface area contributed by atoms with Crippen molar-refractivity contribution in [2.45, 2.75) is 33.1 Å². The number of hydrogen-bond donors (Lipinski definition) is 1. The number of nitrogens with zero attached hydrogens (tertiary/aromatic N) is 3. The number of rotatable bonds is 5. The second-order valence-electron chi connectivity index (χ2n) is 5.69. The van der Waals surface area contributed by atoms with Gasteiger partial charge in [0.1, 0.15) is 13.2 Å². The molecule has 0 saturated heterocycles. The number of benzene rings is 1. The van der Waals surface area contributed by atoms with E-state index >= 15 is 0 Å². The Morgan fingerprint density at radius 1 is 1.12 bits per heavy atom. The van der Waals surface area contributed by atoms with E-state index in [2.05, 4.69) is 20.5 Å². The molecule has 0 unspecified atom stereocenters. The lowest BCUT2D eigenvalue weighted by molar-refractivity contribution is -0.116. The Hall–Kier alpha value is -2.70. The van der Waals surface area contributed by atoms with Gasteiger partial charge in [0.25, 0.3) is 0 Å². The molecule has 1 amide bonds. The Labute approximate surface area is 140 Å². The van der Waals surface area contributed by atoms with Crippen LogP contribution >= 0.6 is 0 Å². The normalized spacial score (nSPS) is 12.8. The number of carbonyl (C=O) groups excluding carboxylic acids is 1. The molecule has 2 heterocycles. The van der Waals surface area contributed by atoms with E-state index in [1.54, 1.807) is 0 Å². The fourth-order valence-electron chi connectivity index (χ4n) is 2.39. The van der Waals surface area contributed by atoms with E-state index in [9.17, 15) is 4.79 Å². The van der Waals surface area contributed by atoms with Crippen molar-refractivity contribution in [3.8, 4) is 11.5 Å². The highest BCUT2D eigenvalue weighted by atomic mass is 16.6. The summed E-state index contributed by atoms with van der Waals surface area (Å²) < 4.78 is 11.1. The molecule has 0 fully saturated rings. The zero-order valence-corrected chi connectivity index (χ0v) is 13.8. The molecule has 7 nitrogen and oxygen atoms in total. The number of aryl methyl sites for hydroxylation is 3. The Morgan fingerprint density at radius 3 is 2.71 bits per heavy atom. The first-order valence-electron chi connectivity index (χ1n) is 7.98. The quantitative estimate of drug-likeness (QED) is 0.906. The Morgan fingerprint density at radius 2 is 1.92 bits per heavy atom. The van der Waals surface area contributed by atoms with Gasteiger partial charge in [0.2, 0.25) is 11.9 Å². The van der Waals surface area contributed by atoms with Crippen LogP contribution in [0.2, 0.25) is 0 Å². The van der Waals surface area contributed by atoms with Gasteiger partial charge in [-0.15, -0.1) is 5.10 Å². The largest absolute Gasteiger partial charge is 0.486 e. The zero-order valence-electron chi connectivity index (χ0n) is 13.8. The lowest BCUT2D eigenvalue weighted by Crippen LogP contribution is -2.16.